The summed E-state index contributed by atoms with van der Waals surface area (Å²) < 4.78 is 27.7. The predicted molar refractivity (Wildman–Crippen MR) is 104 cm³/mol. The highest BCUT2D eigenvalue weighted by molar-refractivity contribution is 7.89. The largest absolute Gasteiger partial charge is 0.292 e. The lowest BCUT2D eigenvalue weighted by Crippen LogP contribution is -2.19. The van der Waals surface area contributed by atoms with Crippen molar-refractivity contribution < 1.29 is 13.2 Å². The fourth-order valence-electron chi connectivity index (χ4n) is 3.35. The Morgan fingerprint density at radius 2 is 1.37 bits per heavy atom. The Balaban J connectivity index is 1.75. The third-order valence-electron chi connectivity index (χ3n) is 4.82. The van der Waals surface area contributed by atoms with Crippen molar-refractivity contribution >= 4 is 15.8 Å². The number of aryl methyl sites for hydroxylation is 1. The molecule has 1 unspecified atom stereocenters. The van der Waals surface area contributed by atoms with E-state index >= 15 is 0 Å². The normalized spacial score (nSPS) is 21.6. The summed E-state index contributed by atoms with van der Waals surface area (Å²) in [7, 11) is -3.76. The van der Waals surface area contributed by atoms with E-state index in [2.05, 4.69) is 0 Å². The van der Waals surface area contributed by atoms with E-state index in [9.17, 15) is 13.2 Å². The molecule has 1 fully saturated rings. The highest BCUT2D eigenvalue weighted by Gasteiger charge is 2.60. The Labute approximate surface area is 159 Å². The lowest BCUT2D eigenvalue weighted by Gasteiger charge is -2.07. The van der Waals surface area contributed by atoms with Gasteiger partial charge in [-0.05, 0) is 24.6 Å². The number of carbonyl (C=O) groups excluding carboxylic acids is 1. The standard InChI is InChI=1S/C22H19NO3S/c1-16-12-14-17(15-13-16)20-21(22(24)18-8-4-2-5-9-18)23(20)27(25,26)19-10-6-3-7-11-19/h2-15,20-21H,1H3/t20-,21-,23?/m0/s1. The summed E-state index contributed by atoms with van der Waals surface area (Å²) >= 11 is 0. The van der Waals surface area contributed by atoms with Crippen LogP contribution < -0.4 is 0 Å². The summed E-state index contributed by atoms with van der Waals surface area (Å²) in [6.45, 7) is 1.97. The molecule has 0 bridgehead atoms. The number of hydrogen-bond acceptors (Lipinski definition) is 3. The van der Waals surface area contributed by atoms with Gasteiger partial charge in [-0.2, -0.15) is 4.31 Å². The van der Waals surface area contributed by atoms with Crippen molar-refractivity contribution in [1.29, 1.82) is 0 Å². The van der Waals surface area contributed by atoms with Crippen molar-refractivity contribution in [2.75, 3.05) is 0 Å². The molecule has 1 aliphatic rings. The smallest absolute Gasteiger partial charge is 0.244 e. The Kier molecular flexibility index (Phi) is 4.42. The van der Waals surface area contributed by atoms with Gasteiger partial charge in [-0.15, -0.1) is 0 Å². The molecule has 0 aliphatic carbocycles. The number of nitrogens with zero attached hydrogens (tertiary/aromatic N) is 1. The second kappa shape index (κ2) is 6.76. The lowest BCUT2D eigenvalue weighted by atomic mass is 10.0. The molecular formula is C22H19NO3S. The molecule has 0 saturated carbocycles. The maximum Gasteiger partial charge on any atom is 0.244 e. The van der Waals surface area contributed by atoms with Crippen molar-refractivity contribution in [2.45, 2.75) is 23.9 Å². The number of ketones is 1. The van der Waals surface area contributed by atoms with Crippen molar-refractivity contribution in [2.24, 2.45) is 0 Å². The maximum atomic E-state index is 13.2. The SMILES string of the molecule is Cc1ccc([C@H]2[C@@H](C(=O)c3ccccc3)N2S(=O)(=O)c2ccccc2)cc1. The van der Waals surface area contributed by atoms with Crippen LogP contribution in [0.4, 0.5) is 0 Å². The average molecular weight is 377 g/mol. The molecule has 0 radical (unpaired) electrons. The van der Waals surface area contributed by atoms with E-state index in [1.165, 1.54) is 4.31 Å². The quantitative estimate of drug-likeness (QED) is 0.499. The highest BCUT2D eigenvalue weighted by atomic mass is 32.2. The van der Waals surface area contributed by atoms with Crippen molar-refractivity contribution in [3.63, 3.8) is 0 Å². The predicted octanol–water partition coefficient (Wildman–Crippen LogP) is 3.99. The van der Waals surface area contributed by atoms with Gasteiger partial charge < -0.3 is 0 Å². The molecule has 27 heavy (non-hydrogen) atoms. The van der Waals surface area contributed by atoms with Crippen LogP contribution in [-0.4, -0.2) is 24.5 Å². The van der Waals surface area contributed by atoms with Gasteiger partial charge >= 0.3 is 0 Å². The average Bonchev–Trinajstić information content (AvgIpc) is 3.46. The van der Waals surface area contributed by atoms with E-state index in [1.54, 1.807) is 54.6 Å². The molecule has 3 atom stereocenters. The summed E-state index contributed by atoms with van der Waals surface area (Å²) in [4.78, 5) is 13.2. The molecule has 0 amide bonds. The summed E-state index contributed by atoms with van der Waals surface area (Å²) in [5.41, 5.74) is 2.43. The first kappa shape index (κ1) is 17.6. The number of hydrogen-bond donors (Lipinski definition) is 0. The fraction of sp³-hybridized carbons (Fsp3) is 0.136. The van der Waals surface area contributed by atoms with Crippen LogP contribution in [0.2, 0.25) is 0 Å². The molecule has 0 aromatic heterocycles. The topological polar surface area (TPSA) is 54.2 Å². The Bertz CT molecular complexity index is 1060. The first-order valence-electron chi connectivity index (χ1n) is 8.74. The highest BCUT2D eigenvalue weighted by Crippen LogP contribution is 2.49. The van der Waals surface area contributed by atoms with Crippen LogP contribution in [0, 0.1) is 6.92 Å². The van der Waals surface area contributed by atoms with Crippen LogP contribution in [0.1, 0.15) is 27.5 Å². The second-order valence-electron chi connectivity index (χ2n) is 6.68. The Hall–Kier alpha value is -2.76. The molecule has 4 nitrogen and oxygen atoms in total. The lowest BCUT2D eigenvalue weighted by molar-refractivity contribution is 0.0981. The molecule has 1 aliphatic heterocycles. The molecule has 3 aromatic carbocycles. The van der Waals surface area contributed by atoms with Crippen molar-refractivity contribution in [1.82, 2.24) is 4.31 Å². The van der Waals surface area contributed by atoms with Crippen LogP contribution in [0.5, 0.6) is 0 Å². The zero-order chi connectivity index (χ0) is 19.0. The minimum Gasteiger partial charge on any atom is -0.292 e. The third-order valence-corrected chi connectivity index (χ3v) is 6.70. The molecular weight excluding hydrogens is 358 g/mol. The molecule has 1 heterocycles. The van der Waals surface area contributed by atoms with Crippen LogP contribution >= 0.6 is 0 Å². The monoisotopic (exact) mass is 377 g/mol. The third kappa shape index (κ3) is 3.20. The molecule has 0 N–H and O–H groups in total. The molecule has 3 aromatic rings. The van der Waals surface area contributed by atoms with Crippen LogP contribution in [-0.2, 0) is 10.0 Å². The molecule has 1 saturated heterocycles. The zero-order valence-electron chi connectivity index (χ0n) is 14.8. The van der Waals surface area contributed by atoms with Crippen LogP contribution in [0.3, 0.4) is 0 Å². The first-order valence-corrected chi connectivity index (χ1v) is 10.2. The minimum atomic E-state index is -3.76. The number of rotatable bonds is 5. The van der Waals surface area contributed by atoms with E-state index in [4.69, 9.17) is 0 Å². The van der Waals surface area contributed by atoms with Crippen LogP contribution in [0.25, 0.3) is 0 Å². The van der Waals surface area contributed by atoms with E-state index < -0.39 is 22.1 Å². The zero-order valence-corrected chi connectivity index (χ0v) is 15.6. The maximum absolute atomic E-state index is 13.2. The van der Waals surface area contributed by atoms with Gasteiger partial charge in [0.15, 0.2) is 5.78 Å². The molecule has 0 spiro atoms. The van der Waals surface area contributed by atoms with Gasteiger partial charge in [-0.3, -0.25) is 4.79 Å². The van der Waals surface area contributed by atoms with Crippen molar-refractivity contribution in [3.8, 4) is 0 Å². The fourth-order valence-corrected chi connectivity index (χ4v) is 5.09. The second-order valence-corrected chi connectivity index (χ2v) is 8.52. The van der Waals surface area contributed by atoms with Crippen molar-refractivity contribution in [3.05, 3.63) is 102 Å². The summed E-state index contributed by atoms with van der Waals surface area (Å²) in [5, 5.41) is 0. The molecule has 4 rings (SSSR count). The van der Waals surface area contributed by atoms with Gasteiger partial charge in [0.1, 0.15) is 6.04 Å². The van der Waals surface area contributed by atoms with E-state index in [1.807, 2.05) is 37.3 Å². The molecule has 5 heteroatoms. The Morgan fingerprint density at radius 3 is 1.96 bits per heavy atom. The van der Waals surface area contributed by atoms with Gasteiger partial charge in [0.2, 0.25) is 10.0 Å². The van der Waals surface area contributed by atoms with E-state index in [0.29, 0.717) is 5.56 Å². The van der Waals surface area contributed by atoms with Gasteiger partial charge in [-0.25, -0.2) is 8.42 Å². The van der Waals surface area contributed by atoms with Gasteiger partial charge in [0.05, 0.1) is 10.9 Å². The van der Waals surface area contributed by atoms with Gasteiger partial charge in [0.25, 0.3) is 0 Å². The summed E-state index contributed by atoms with van der Waals surface area (Å²) in [6, 6.07) is 23.6. The summed E-state index contributed by atoms with van der Waals surface area (Å²) in [5.74, 6) is -0.180. The van der Waals surface area contributed by atoms with Crippen LogP contribution in [0.15, 0.2) is 89.8 Å². The number of benzene rings is 3. The minimum absolute atomic E-state index is 0.180. The van der Waals surface area contributed by atoms with Gasteiger partial charge in [-0.1, -0.05) is 78.4 Å². The summed E-state index contributed by atoms with van der Waals surface area (Å²) in [6.07, 6.45) is 0. The van der Waals surface area contributed by atoms with E-state index in [0.717, 1.165) is 11.1 Å². The van der Waals surface area contributed by atoms with E-state index in [-0.39, 0.29) is 10.7 Å². The number of Topliss-reactive ketones (excluding diaryl/α,β-unsaturated/α-hetero) is 1. The van der Waals surface area contributed by atoms with Gasteiger partial charge in [0, 0.05) is 5.56 Å². The number of carbonyl (C=O) groups is 1. The first-order chi connectivity index (χ1) is 13.0. The number of sulfonamides is 1. The Morgan fingerprint density at radius 1 is 0.815 bits per heavy atom. The molecule has 136 valence electrons.